The number of carbonyl (C=O) groups excluding carboxylic acids is 1. The van der Waals surface area contributed by atoms with Crippen molar-refractivity contribution in [2.75, 3.05) is 0 Å². The third kappa shape index (κ3) is 3.62. The fourth-order valence-electron chi connectivity index (χ4n) is 3.28. The van der Waals surface area contributed by atoms with Crippen molar-refractivity contribution >= 4 is 29.0 Å². The van der Waals surface area contributed by atoms with Gasteiger partial charge in [-0.25, -0.2) is 0 Å². The number of halogens is 2. The van der Waals surface area contributed by atoms with Crippen LogP contribution in [0, 0.1) is 27.7 Å². The van der Waals surface area contributed by atoms with Crippen molar-refractivity contribution in [3.8, 4) is 0 Å². The molecule has 2 heterocycles. The zero-order valence-corrected chi connectivity index (χ0v) is 16.4. The molecule has 0 saturated heterocycles. The van der Waals surface area contributed by atoms with Crippen molar-refractivity contribution in [1.82, 2.24) is 9.97 Å². The number of aryl methyl sites for hydroxylation is 4. The molecule has 0 aliphatic carbocycles. The molecule has 2 aromatic rings. The molecule has 0 saturated carbocycles. The van der Waals surface area contributed by atoms with Crippen LogP contribution in [0.5, 0.6) is 0 Å². The van der Waals surface area contributed by atoms with Gasteiger partial charge in [-0.1, -0.05) is 37.0 Å². The van der Waals surface area contributed by atoms with E-state index in [-0.39, 0.29) is 17.6 Å². The molecule has 5 heteroatoms. The summed E-state index contributed by atoms with van der Waals surface area (Å²) >= 11 is 12.8. The van der Waals surface area contributed by atoms with E-state index in [4.69, 9.17) is 23.2 Å². The third-order valence-corrected chi connectivity index (χ3v) is 5.00. The lowest BCUT2D eigenvalue weighted by Gasteiger charge is -2.21. The number of ketones is 1. The van der Waals surface area contributed by atoms with Gasteiger partial charge in [0.25, 0.3) is 0 Å². The Kier molecular flexibility index (Phi) is 5.67. The van der Waals surface area contributed by atoms with Crippen molar-refractivity contribution in [2.24, 2.45) is 0 Å². The number of hydrogen-bond acceptors (Lipinski definition) is 3. The fraction of sp³-hybridized carbons (Fsp3) is 0.421. The van der Waals surface area contributed by atoms with Crippen LogP contribution in [0.2, 0.25) is 10.0 Å². The summed E-state index contributed by atoms with van der Waals surface area (Å²) < 4.78 is 0. The maximum Gasteiger partial charge on any atom is 0.147 e. The van der Waals surface area contributed by atoms with Crippen LogP contribution in [0.1, 0.15) is 59.6 Å². The highest BCUT2D eigenvalue weighted by molar-refractivity contribution is 6.32. The Labute approximate surface area is 153 Å². The standard InChI is InChI=1S/C19H22Cl2N2O/c1-9-7-15(20)17(13(5)22-9)11(3)19(24)12(4)18-14(6)23-10(2)8-16(18)21/h7-8,11-12H,1-6H3. The predicted octanol–water partition coefficient (Wildman–Crippen LogP) is 5.49. The minimum Gasteiger partial charge on any atom is -0.298 e. The SMILES string of the molecule is Cc1cc(Cl)c(C(C)C(=O)C(C)c2c(Cl)cc(C)nc2C)c(C)n1. The minimum absolute atomic E-state index is 0.0568. The quantitative estimate of drug-likeness (QED) is 0.719. The van der Waals surface area contributed by atoms with E-state index in [2.05, 4.69) is 9.97 Å². The maximum absolute atomic E-state index is 13.0. The van der Waals surface area contributed by atoms with Gasteiger partial charge in [-0.05, 0) is 39.8 Å². The number of Topliss-reactive ketones (excluding diaryl/α,β-unsaturated/α-hetero) is 1. The molecule has 0 spiro atoms. The van der Waals surface area contributed by atoms with Crippen LogP contribution in [0.3, 0.4) is 0 Å². The average Bonchev–Trinajstić information content (AvgIpc) is 2.43. The maximum atomic E-state index is 13.0. The molecule has 128 valence electrons. The van der Waals surface area contributed by atoms with Crippen LogP contribution in [0.15, 0.2) is 12.1 Å². The molecule has 3 nitrogen and oxygen atoms in total. The van der Waals surface area contributed by atoms with Crippen molar-refractivity contribution in [3.63, 3.8) is 0 Å². The van der Waals surface area contributed by atoms with Crippen LogP contribution in [0.4, 0.5) is 0 Å². The smallest absolute Gasteiger partial charge is 0.147 e. The predicted molar refractivity (Wildman–Crippen MR) is 99.3 cm³/mol. The molecule has 0 aliphatic rings. The number of carbonyl (C=O) groups is 1. The highest BCUT2D eigenvalue weighted by atomic mass is 35.5. The van der Waals surface area contributed by atoms with E-state index in [0.29, 0.717) is 10.0 Å². The first kappa shape index (κ1) is 18.9. The van der Waals surface area contributed by atoms with Gasteiger partial charge in [0.15, 0.2) is 0 Å². The molecule has 0 bridgehead atoms. The topological polar surface area (TPSA) is 42.9 Å². The van der Waals surface area contributed by atoms with E-state index >= 15 is 0 Å². The largest absolute Gasteiger partial charge is 0.298 e. The highest BCUT2D eigenvalue weighted by Gasteiger charge is 2.28. The molecule has 2 atom stereocenters. The monoisotopic (exact) mass is 364 g/mol. The zero-order chi connectivity index (χ0) is 18.2. The summed E-state index contributed by atoms with van der Waals surface area (Å²) in [5.41, 5.74) is 4.84. The number of rotatable bonds is 4. The minimum atomic E-state index is -0.364. The Balaban J connectivity index is 2.42. The fourth-order valence-corrected chi connectivity index (χ4v) is 4.20. The summed E-state index contributed by atoms with van der Waals surface area (Å²) in [6.07, 6.45) is 0. The van der Waals surface area contributed by atoms with E-state index < -0.39 is 0 Å². The van der Waals surface area contributed by atoms with Gasteiger partial charge in [-0.3, -0.25) is 14.8 Å². The Morgan fingerprint density at radius 1 is 0.833 bits per heavy atom. The Bertz CT molecular complexity index is 690. The van der Waals surface area contributed by atoms with Gasteiger partial charge in [0.05, 0.1) is 0 Å². The normalized spacial score (nSPS) is 13.7. The highest BCUT2D eigenvalue weighted by Crippen LogP contribution is 2.35. The van der Waals surface area contributed by atoms with Gasteiger partial charge >= 0.3 is 0 Å². The van der Waals surface area contributed by atoms with Crippen LogP contribution in [0.25, 0.3) is 0 Å². The van der Waals surface area contributed by atoms with E-state index in [1.807, 2.05) is 41.5 Å². The van der Waals surface area contributed by atoms with Gasteiger partial charge in [-0.15, -0.1) is 0 Å². The lowest BCUT2D eigenvalue weighted by atomic mass is 9.84. The number of pyridine rings is 2. The van der Waals surface area contributed by atoms with Crippen LogP contribution in [-0.2, 0) is 4.79 Å². The average molecular weight is 365 g/mol. The van der Waals surface area contributed by atoms with E-state index in [9.17, 15) is 4.79 Å². The van der Waals surface area contributed by atoms with E-state index in [1.165, 1.54) is 0 Å². The molecule has 2 aromatic heterocycles. The summed E-state index contributed by atoms with van der Waals surface area (Å²) in [5, 5.41) is 1.16. The molecule has 0 aliphatic heterocycles. The zero-order valence-electron chi connectivity index (χ0n) is 14.9. The summed E-state index contributed by atoms with van der Waals surface area (Å²) in [6.45, 7) is 11.3. The van der Waals surface area contributed by atoms with Crippen molar-refractivity contribution < 1.29 is 4.79 Å². The molecule has 24 heavy (non-hydrogen) atoms. The van der Waals surface area contributed by atoms with Crippen molar-refractivity contribution in [1.29, 1.82) is 0 Å². The Hall–Kier alpha value is -1.45. The van der Waals surface area contributed by atoms with E-state index in [1.54, 1.807) is 12.1 Å². The molecular weight excluding hydrogens is 343 g/mol. The van der Waals surface area contributed by atoms with Gasteiger partial charge in [0.2, 0.25) is 0 Å². The number of aromatic nitrogens is 2. The lowest BCUT2D eigenvalue weighted by molar-refractivity contribution is -0.121. The molecule has 2 unspecified atom stereocenters. The van der Waals surface area contributed by atoms with Crippen LogP contribution < -0.4 is 0 Å². The second kappa shape index (κ2) is 7.20. The second-order valence-corrected chi connectivity index (χ2v) is 7.15. The van der Waals surface area contributed by atoms with Gasteiger partial charge in [0, 0.05) is 55.8 Å². The Morgan fingerprint density at radius 3 is 1.46 bits per heavy atom. The summed E-state index contributed by atoms with van der Waals surface area (Å²) in [6, 6.07) is 3.59. The first-order chi connectivity index (χ1) is 11.1. The Morgan fingerprint density at radius 2 is 1.17 bits per heavy atom. The van der Waals surface area contributed by atoms with Gasteiger partial charge in [0.1, 0.15) is 5.78 Å². The number of nitrogens with zero attached hydrogens (tertiary/aromatic N) is 2. The third-order valence-electron chi connectivity index (χ3n) is 4.37. The summed E-state index contributed by atoms with van der Waals surface area (Å²) in [7, 11) is 0. The molecule has 0 radical (unpaired) electrons. The first-order valence-electron chi connectivity index (χ1n) is 7.94. The molecular formula is C19H22Cl2N2O. The van der Waals surface area contributed by atoms with Crippen molar-refractivity contribution in [2.45, 2.75) is 53.4 Å². The lowest BCUT2D eigenvalue weighted by Crippen LogP contribution is -2.19. The van der Waals surface area contributed by atoms with Gasteiger partial charge in [-0.2, -0.15) is 0 Å². The molecule has 0 amide bonds. The van der Waals surface area contributed by atoms with E-state index in [0.717, 1.165) is 33.9 Å². The van der Waals surface area contributed by atoms with Crippen LogP contribution >= 0.6 is 23.2 Å². The molecule has 2 rings (SSSR count). The second-order valence-electron chi connectivity index (χ2n) is 6.33. The summed E-state index contributed by atoms with van der Waals surface area (Å²) in [4.78, 5) is 21.9. The summed E-state index contributed by atoms with van der Waals surface area (Å²) in [5.74, 6) is -0.670. The van der Waals surface area contributed by atoms with Crippen molar-refractivity contribution in [3.05, 3.63) is 56.1 Å². The molecule has 0 N–H and O–H groups in total. The molecule has 0 aromatic carbocycles. The van der Waals surface area contributed by atoms with Crippen LogP contribution in [-0.4, -0.2) is 15.8 Å². The molecule has 0 fully saturated rings. The van der Waals surface area contributed by atoms with Gasteiger partial charge < -0.3 is 0 Å². The first-order valence-corrected chi connectivity index (χ1v) is 8.70. The number of hydrogen-bond donors (Lipinski definition) is 0.